The average molecular weight is 174 g/mol. The molecule has 0 aromatic rings. The zero-order valence-corrected chi connectivity index (χ0v) is 7.80. The molecule has 0 aromatic carbocycles. The highest BCUT2D eigenvalue weighted by Gasteiger charge is 2.08. The summed E-state index contributed by atoms with van der Waals surface area (Å²) in [5.41, 5.74) is 5.49. The van der Waals surface area contributed by atoms with E-state index in [1.807, 2.05) is 6.92 Å². The first-order valence-corrected chi connectivity index (χ1v) is 4.24. The minimum Gasteiger partial charge on any atom is -0.385 e. The number of amides is 1. The fraction of sp³-hybridized carbons (Fsp3) is 0.875. The molecule has 0 radical (unpaired) electrons. The molecule has 0 fully saturated rings. The molecule has 0 rings (SSSR count). The number of nitrogens with one attached hydrogen (secondary N) is 1. The van der Waals surface area contributed by atoms with Crippen molar-refractivity contribution in [2.75, 3.05) is 20.3 Å². The molecule has 0 unspecified atom stereocenters. The number of carbonyl (C=O) groups excluding carboxylic acids is 1. The zero-order valence-electron chi connectivity index (χ0n) is 7.80. The van der Waals surface area contributed by atoms with Crippen molar-refractivity contribution in [3.8, 4) is 0 Å². The molecule has 0 heterocycles. The summed E-state index contributed by atoms with van der Waals surface area (Å²) in [7, 11) is 1.64. The van der Waals surface area contributed by atoms with Gasteiger partial charge in [0.2, 0.25) is 5.91 Å². The van der Waals surface area contributed by atoms with Crippen LogP contribution >= 0.6 is 0 Å². The maximum absolute atomic E-state index is 11.1. The van der Waals surface area contributed by atoms with E-state index in [2.05, 4.69) is 5.32 Å². The van der Waals surface area contributed by atoms with Gasteiger partial charge >= 0.3 is 0 Å². The Balaban J connectivity index is 3.31. The lowest BCUT2D eigenvalue weighted by Gasteiger charge is -2.09. The molecule has 1 atom stereocenters. The molecule has 0 spiro atoms. The number of nitrogens with two attached hydrogens (primary N) is 1. The Morgan fingerprint density at radius 2 is 2.33 bits per heavy atom. The van der Waals surface area contributed by atoms with Gasteiger partial charge in [-0.1, -0.05) is 6.92 Å². The van der Waals surface area contributed by atoms with E-state index in [-0.39, 0.29) is 11.9 Å². The summed E-state index contributed by atoms with van der Waals surface area (Å²) in [6.07, 6.45) is 1.51. The minimum atomic E-state index is -0.368. The van der Waals surface area contributed by atoms with Crippen LogP contribution in [0.15, 0.2) is 0 Å². The molecule has 72 valence electrons. The molecule has 0 aliphatic rings. The van der Waals surface area contributed by atoms with Gasteiger partial charge in [-0.3, -0.25) is 4.79 Å². The van der Waals surface area contributed by atoms with Crippen LogP contribution in [0.1, 0.15) is 19.8 Å². The van der Waals surface area contributed by atoms with Gasteiger partial charge in [0.05, 0.1) is 6.04 Å². The molecule has 4 nitrogen and oxygen atoms in total. The van der Waals surface area contributed by atoms with Gasteiger partial charge in [0.15, 0.2) is 0 Å². The van der Waals surface area contributed by atoms with Gasteiger partial charge in [-0.05, 0) is 12.8 Å². The molecule has 0 bridgehead atoms. The smallest absolute Gasteiger partial charge is 0.236 e. The Morgan fingerprint density at radius 1 is 1.67 bits per heavy atom. The molecule has 1 amide bonds. The van der Waals surface area contributed by atoms with Crippen molar-refractivity contribution in [1.82, 2.24) is 5.32 Å². The predicted molar refractivity (Wildman–Crippen MR) is 47.8 cm³/mol. The first-order valence-electron chi connectivity index (χ1n) is 4.24. The number of hydrogen-bond acceptors (Lipinski definition) is 3. The van der Waals surface area contributed by atoms with Gasteiger partial charge in [0.25, 0.3) is 0 Å². The highest BCUT2D eigenvalue weighted by atomic mass is 16.5. The third-order valence-electron chi connectivity index (χ3n) is 1.60. The summed E-state index contributed by atoms with van der Waals surface area (Å²) in [6, 6.07) is -0.368. The SMILES string of the molecule is CC[C@H](N)C(=O)NCCCOC. The highest BCUT2D eigenvalue weighted by molar-refractivity contribution is 5.81. The molecule has 12 heavy (non-hydrogen) atoms. The van der Waals surface area contributed by atoms with Crippen LogP contribution in [0.2, 0.25) is 0 Å². The van der Waals surface area contributed by atoms with Gasteiger partial charge in [0, 0.05) is 20.3 Å². The number of methoxy groups -OCH3 is 1. The number of hydrogen-bond donors (Lipinski definition) is 2. The summed E-state index contributed by atoms with van der Waals surface area (Å²) < 4.78 is 4.83. The van der Waals surface area contributed by atoms with Crippen LogP contribution in [0.5, 0.6) is 0 Å². The normalized spacial score (nSPS) is 12.6. The Morgan fingerprint density at radius 3 is 2.83 bits per heavy atom. The van der Waals surface area contributed by atoms with Crippen molar-refractivity contribution in [2.24, 2.45) is 5.73 Å². The van der Waals surface area contributed by atoms with Gasteiger partial charge in [-0.2, -0.15) is 0 Å². The molecule has 0 saturated heterocycles. The van der Waals surface area contributed by atoms with Crippen LogP contribution < -0.4 is 11.1 Å². The maximum atomic E-state index is 11.1. The lowest BCUT2D eigenvalue weighted by Crippen LogP contribution is -2.40. The number of rotatable bonds is 6. The summed E-state index contributed by atoms with van der Waals surface area (Å²) in [4.78, 5) is 11.1. The fourth-order valence-electron chi connectivity index (χ4n) is 0.745. The van der Waals surface area contributed by atoms with Crippen molar-refractivity contribution in [2.45, 2.75) is 25.8 Å². The quantitative estimate of drug-likeness (QED) is 0.552. The lowest BCUT2D eigenvalue weighted by molar-refractivity contribution is -0.122. The molecule has 0 aliphatic heterocycles. The Hall–Kier alpha value is -0.610. The minimum absolute atomic E-state index is 0.0754. The van der Waals surface area contributed by atoms with Crippen molar-refractivity contribution in [3.63, 3.8) is 0 Å². The maximum Gasteiger partial charge on any atom is 0.236 e. The zero-order chi connectivity index (χ0) is 9.40. The van der Waals surface area contributed by atoms with E-state index in [1.54, 1.807) is 7.11 Å². The first-order chi connectivity index (χ1) is 5.72. The van der Waals surface area contributed by atoms with E-state index in [0.717, 1.165) is 6.42 Å². The lowest BCUT2D eigenvalue weighted by atomic mass is 10.2. The molecule has 0 aliphatic carbocycles. The highest BCUT2D eigenvalue weighted by Crippen LogP contribution is 1.85. The van der Waals surface area contributed by atoms with E-state index in [0.29, 0.717) is 19.6 Å². The van der Waals surface area contributed by atoms with Crippen molar-refractivity contribution in [3.05, 3.63) is 0 Å². The second-order valence-electron chi connectivity index (χ2n) is 2.65. The van der Waals surface area contributed by atoms with E-state index >= 15 is 0 Å². The Labute approximate surface area is 73.5 Å². The molecular formula is C8H18N2O2. The van der Waals surface area contributed by atoms with Crippen LogP contribution in [0.4, 0.5) is 0 Å². The fourth-order valence-corrected chi connectivity index (χ4v) is 0.745. The topological polar surface area (TPSA) is 64.4 Å². The predicted octanol–water partition coefficient (Wildman–Crippen LogP) is -0.124. The average Bonchev–Trinajstić information content (AvgIpc) is 2.10. The third kappa shape index (κ3) is 5.09. The number of carbonyl (C=O) groups is 1. The van der Waals surface area contributed by atoms with E-state index < -0.39 is 0 Å². The molecular weight excluding hydrogens is 156 g/mol. The molecule has 0 saturated carbocycles. The van der Waals surface area contributed by atoms with Gasteiger partial charge < -0.3 is 15.8 Å². The Bertz CT molecular complexity index is 128. The van der Waals surface area contributed by atoms with Gasteiger partial charge in [0.1, 0.15) is 0 Å². The second-order valence-corrected chi connectivity index (χ2v) is 2.65. The number of ether oxygens (including phenoxy) is 1. The van der Waals surface area contributed by atoms with E-state index in [4.69, 9.17) is 10.5 Å². The molecule has 4 heteroatoms. The van der Waals surface area contributed by atoms with E-state index in [9.17, 15) is 4.79 Å². The van der Waals surface area contributed by atoms with E-state index in [1.165, 1.54) is 0 Å². The second kappa shape index (κ2) is 7.06. The summed E-state index contributed by atoms with van der Waals surface area (Å²) >= 11 is 0. The van der Waals surface area contributed by atoms with Crippen molar-refractivity contribution in [1.29, 1.82) is 0 Å². The molecule has 3 N–H and O–H groups in total. The van der Waals surface area contributed by atoms with Crippen LogP contribution in [0.3, 0.4) is 0 Å². The van der Waals surface area contributed by atoms with Crippen LogP contribution in [-0.4, -0.2) is 32.2 Å². The van der Waals surface area contributed by atoms with Crippen LogP contribution in [-0.2, 0) is 9.53 Å². The third-order valence-corrected chi connectivity index (χ3v) is 1.60. The largest absolute Gasteiger partial charge is 0.385 e. The molecule has 0 aromatic heterocycles. The van der Waals surface area contributed by atoms with Crippen LogP contribution in [0.25, 0.3) is 0 Å². The van der Waals surface area contributed by atoms with Crippen LogP contribution in [0, 0.1) is 0 Å². The first kappa shape index (κ1) is 11.4. The van der Waals surface area contributed by atoms with Gasteiger partial charge in [-0.15, -0.1) is 0 Å². The van der Waals surface area contributed by atoms with Crippen molar-refractivity contribution >= 4 is 5.91 Å². The standard InChI is InChI=1S/C8H18N2O2/c1-3-7(9)8(11)10-5-4-6-12-2/h7H,3-6,9H2,1-2H3,(H,10,11)/t7-/m0/s1. The Kier molecular flexibility index (Phi) is 6.70. The summed E-state index contributed by atoms with van der Waals surface area (Å²) in [6.45, 7) is 3.20. The summed E-state index contributed by atoms with van der Waals surface area (Å²) in [5, 5.41) is 2.72. The monoisotopic (exact) mass is 174 g/mol. The van der Waals surface area contributed by atoms with Gasteiger partial charge in [-0.25, -0.2) is 0 Å². The summed E-state index contributed by atoms with van der Waals surface area (Å²) in [5.74, 6) is -0.0754. The van der Waals surface area contributed by atoms with Crippen molar-refractivity contribution < 1.29 is 9.53 Å².